The molecule has 0 saturated heterocycles. The number of hydrogen-bond donors (Lipinski definition) is 2. The second kappa shape index (κ2) is 7.03. The molecule has 3 N–H and O–H groups in total. The first-order chi connectivity index (χ1) is 12.7. The summed E-state index contributed by atoms with van der Waals surface area (Å²) < 4.78 is 0. The van der Waals surface area contributed by atoms with Gasteiger partial charge in [0.2, 0.25) is 0 Å². The molecule has 0 heterocycles. The molecule has 26 heavy (non-hydrogen) atoms. The molecule has 128 valence electrons. The predicted octanol–water partition coefficient (Wildman–Crippen LogP) is 5.51. The van der Waals surface area contributed by atoms with Crippen LogP contribution in [-0.2, 0) is 0 Å². The summed E-state index contributed by atoms with van der Waals surface area (Å²) in [6, 6.07) is 25.0. The molecule has 0 fully saturated rings. The van der Waals surface area contributed by atoms with Gasteiger partial charge in [0.05, 0.1) is 0 Å². The SMILES string of the molecule is NC1(Nc2ccc3ccccc3c2)C=CC(C=Cc2ccccc2)=CC1. The third-order valence-electron chi connectivity index (χ3n) is 4.64. The minimum atomic E-state index is -0.563. The largest absolute Gasteiger partial charge is 0.364 e. The van der Waals surface area contributed by atoms with Gasteiger partial charge in [0, 0.05) is 12.1 Å². The number of fused-ring (bicyclic) bond motifs is 1. The van der Waals surface area contributed by atoms with Crippen molar-refractivity contribution in [2.24, 2.45) is 5.73 Å². The summed E-state index contributed by atoms with van der Waals surface area (Å²) in [5, 5.41) is 5.91. The highest BCUT2D eigenvalue weighted by molar-refractivity contribution is 5.85. The summed E-state index contributed by atoms with van der Waals surface area (Å²) in [4.78, 5) is 0. The Balaban J connectivity index is 1.46. The van der Waals surface area contributed by atoms with E-state index in [4.69, 9.17) is 5.73 Å². The van der Waals surface area contributed by atoms with Gasteiger partial charge in [-0.05, 0) is 40.1 Å². The highest BCUT2D eigenvalue weighted by atomic mass is 15.1. The van der Waals surface area contributed by atoms with Crippen LogP contribution in [0.5, 0.6) is 0 Å². The summed E-state index contributed by atoms with van der Waals surface area (Å²) in [6.07, 6.45) is 11.3. The predicted molar refractivity (Wildman–Crippen MR) is 112 cm³/mol. The minimum Gasteiger partial charge on any atom is -0.364 e. The summed E-state index contributed by atoms with van der Waals surface area (Å²) >= 11 is 0. The van der Waals surface area contributed by atoms with Crippen LogP contribution in [0.15, 0.2) is 103 Å². The Labute approximate surface area is 154 Å². The topological polar surface area (TPSA) is 38.0 Å². The molecule has 3 aromatic rings. The second-order valence-electron chi connectivity index (χ2n) is 6.71. The van der Waals surface area contributed by atoms with Crippen molar-refractivity contribution in [2.75, 3.05) is 5.32 Å². The summed E-state index contributed by atoms with van der Waals surface area (Å²) in [5.74, 6) is 0. The molecule has 1 atom stereocenters. The van der Waals surface area contributed by atoms with Crippen molar-refractivity contribution >= 4 is 22.5 Å². The first-order valence-electron chi connectivity index (χ1n) is 8.89. The standard InChI is InChI=1S/C24H22N2/c25-24(26-23-13-12-21-8-4-5-9-22(21)18-23)16-14-20(15-17-24)11-10-19-6-2-1-3-7-19/h1-16,18,26H,17,25H2. The van der Waals surface area contributed by atoms with Gasteiger partial charge < -0.3 is 11.1 Å². The lowest BCUT2D eigenvalue weighted by Crippen LogP contribution is -2.46. The molecule has 3 aromatic carbocycles. The van der Waals surface area contributed by atoms with E-state index in [1.165, 1.54) is 21.9 Å². The highest BCUT2D eigenvalue weighted by Crippen LogP contribution is 2.25. The van der Waals surface area contributed by atoms with Crippen LogP contribution < -0.4 is 11.1 Å². The van der Waals surface area contributed by atoms with Crippen molar-refractivity contribution in [3.05, 3.63) is 108 Å². The van der Waals surface area contributed by atoms with Crippen molar-refractivity contribution in [3.63, 3.8) is 0 Å². The average Bonchev–Trinajstić information content (AvgIpc) is 2.68. The highest BCUT2D eigenvalue weighted by Gasteiger charge is 2.22. The minimum absolute atomic E-state index is 0.563. The Morgan fingerprint density at radius 3 is 2.38 bits per heavy atom. The van der Waals surface area contributed by atoms with Gasteiger partial charge in [0.15, 0.2) is 0 Å². The summed E-state index contributed by atoms with van der Waals surface area (Å²) in [7, 11) is 0. The Bertz CT molecular complexity index is 999. The van der Waals surface area contributed by atoms with Crippen LogP contribution in [0.3, 0.4) is 0 Å². The fourth-order valence-electron chi connectivity index (χ4n) is 3.18. The lowest BCUT2D eigenvalue weighted by Gasteiger charge is -2.30. The van der Waals surface area contributed by atoms with Gasteiger partial charge in [-0.1, -0.05) is 85.0 Å². The van der Waals surface area contributed by atoms with Crippen molar-refractivity contribution in [2.45, 2.75) is 12.1 Å². The monoisotopic (exact) mass is 338 g/mol. The van der Waals surface area contributed by atoms with Gasteiger partial charge in [0.1, 0.15) is 5.66 Å². The van der Waals surface area contributed by atoms with E-state index < -0.39 is 5.66 Å². The van der Waals surface area contributed by atoms with E-state index in [1.807, 2.05) is 24.3 Å². The zero-order chi connectivity index (χ0) is 17.8. The van der Waals surface area contributed by atoms with Crippen molar-refractivity contribution in [1.82, 2.24) is 0 Å². The quantitative estimate of drug-likeness (QED) is 0.616. The van der Waals surface area contributed by atoms with Crippen LogP contribution in [0, 0.1) is 0 Å². The fraction of sp³-hybridized carbons (Fsp3) is 0.0833. The maximum Gasteiger partial charge on any atom is 0.109 e. The molecule has 2 nitrogen and oxygen atoms in total. The van der Waals surface area contributed by atoms with Crippen LogP contribution in [0.25, 0.3) is 16.8 Å². The molecule has 0 saturated carbocycles. The molecule has 0 amide bonds. The molecule has 4 rings (SSSR count). The van der Waals surface area contributed by atoms with E-state index in [0.717, 1.165) is 12.1 Å². The Morgan fingerprint density at radius 2 is 1.62 bits per heavy atom. The molecule has 0 bridgehead atoms. The van der Waals surface area contributed by atoms with Crippen LogP contribution in [0.1, 0.15) is 12.0 Å². The van der Waals surface area contributed by atoms with Crippen molar-refractivity contribution < 1.29 is 0 Å². The van der Waals surface area contributed by atoms with E-state index in [0.29, 0.717) is 0 Å². The van der Waals surface area contributed by atoms with Crippen molar-refractivity contribution in [1.29, 1.82) is 0 Å². The van der Waals surface area contributed by atoms with E-state index in [-0.39, 0.29) is 0 Å². The number of hydrogen-bond acceptors (Lipinski definition) is 2. The zero-order valence-corrected chi connectivity index (χ0v) is 14.6. The van der Waals surface area contributed by atoms with Gasteiger partial charge in [-0.15, -0.1) is 0 Å². The lowest BCUT2D eigenvalue weighted by molar-refractivity contribution is 0.605. The smallest absolute Gasteiger partial charge is 0.109 e. The Morgan fingerprint density at radius 1 is 0.846 bits per heavy atom. The number of nitrogens with two attached hydrogens (primary N) is 1. The van der Waals surface area contributed by atoms with Gasteiger partial charge in [-0.25, -0.2) is 0 Å². The second-order valence-corrected chi connectivity index (χ2v) is 6.71. The van der Waals surface area contributed by atoms with Gasteiger partial charge in [-0.3, -0.25) is 0 Å². The van der Waals surface area contributed by atoms with Gasteiger partial charge in [-0.2, -0.15) is 0 Å². The molecule has 0 spiro atoms. The van der Waals surface area contributed by atoms with E-state index in [9.17, 15) is 0 Å². The summed E-state index contributed by atoms with van der Waals surface area (Å²) in [6.45, 7) is 0. The third-order valence-corrected chi connectivity index (χ3v) is 4.64. The molecular formula is C24H22N2. The zero-order valence-electron chi connectivity index (χ0n) is 14.6. The lowest BCUT2D eigenvalue weighted by atomic mass is 9.96. The van der Waals surface area contributed by atoms with Gasteiger partial charge >= 0.3 is 0 Å². The number of rotatable bonds is 4. The van der Waals surface area contributed by atoms with E-state index in [2.05, 4.69) is 84.2 Å². The molecule has 0 aliphatic heterocycles. The van der Waals surface area contributed by atoms with Crippen LogP contribution >= 0.6 is 0 Å². The molecule has 1 aliphatic rings. The molecule has 1 aliphatic carbocycles. The van der Waals surface area contributed by atoms with Crippen LogP contribution in [0.2, 0.25) is 0 Å². The molecule has 2 heteroatoms. The normalized spacial score (nSPS) is 19.7. The van der Waals surface area contributed by atoms with E-state index >= 15 is 0 Å². The number of benzene rings is 3. The molecule has 0 radical (unpaired) electrons. The maximum absolute atomic E-state index is 6.54. The number of nitrogens with one attached hydrogen (secondary N) is 1. The molecule has 0 aromatic heterocycles. The van der Waals surface area contributed by atoms with E-state index in [1.54, 1.807) is 0 Å². The number of allylic oxidation sites excluding steroid dienone is 3. The maximum atomic E-state index is 6.54. The Hall–Kier alpha value is -3.10. The van der Waals surface area contributed by atoms with Gasteiger partial charge in [0.25, 0.3) is 0 Å². The van der Waals surface area contributed by atoms with Crippen LogP contribution in [0.4, 0.5) is 5.69 Å². The first-order valence-corrected chi connectivity index (χ1v) is 8.89. The average molecular weight is 338 g/mol. The summed E-state index contributed by atoms with van der Waals surface area (Å²) in [5.41, 5.74) is 9.38. The Kier molecular flexibility index (Phi) is 4.42. The first kappa shape index (κ1) is 16.4. The fourth-order valence-corrected chi connectivity index (χ4v) is 3.18. The third kappa shape index (κ3) is 3.76. The number of anilines is 1. The molecule has 1 unspecified atom stereocenters. The molecular weight excluding hydrogens is 316 g/mol. The van der Waals surface area contributed by atoms with Crippen molar-refractivity contribution in [3.8, 4) is 0 Å². The van der Waals surface area contributed by atoms with Crippen LogP contribution in [-0.4, -0.2) is 5.66 Å².